The topological polar surface area (TPSA) is 90.7 Å². The molecule has 0 bridgehead atoms. The van der Waals surface area contributed by atoms with Crippen LogP contribution in [0.5, 0.6) is 5.75 Å². The van der Waals surface area contributed by atoms with Crippen molar-refractivity contribution in [2.75, 3.05) is 19.0 Å². The number of amides is 1. The van der Waals surface area contributed by atoms with Gasteiger partial charge in [-0.25, -0.2) is 0 Å². The summed E-state index contributed by atoms with van der Waals surface area (Å²) >= 11 is 5.99. The lowest BCUT2D eigenvalue weighted by Crippen LogP contribution is -2.21. The number of para-hydroxylation sites is 1. The minimum Gasteiger partial charge on any atom is -0.495 e. The molecule has 134 valence electrons. The second-order valence-electron chi connectivity index (χ2n) is 5.36. The number of halogens is 1. The van der Waals surface area contributed by atoms with Gasteiger partial charge >= 0.3 is 5.97 Å². The first kappa shape index (κ1) is 17.8. The number of ether oxygens (including phenoxy) is 2. The van der Waals surface area contributed by atoms with Crippen LogP contribution in [0.25, 0.3) is 11.0 Å². The van der Waals surface area contributed by atoms with Crippen LogP contribution in [0.3, 0.4) is 0 Å². The first-order valence-electron chi connectivity index (χ1n) is 7.69. The van der Waals surface area contributed by atoms with Gasteiger partial charge in [0.2, 0.25) is 0 Å². The van der Waals surface area contributed by atoms with Crippen LogP contribution in [0.2, 0.25) is 5.02 Å². The molecule has 0 atom stereocenters. The largest absolute Gasteiger partial charge is 0.495 e. The minimum atomic E-state index is -0.577. The Morgan fingerprint density at radius 2 is 2.04 bits per heavy atom. The van der Waals surface area contributed by atoms with Crippen LogP contribution in [0, 0.1) is 0 Å². The van der Waals surface area contributed by atoms with Gasteiger partial charge in [0.05, 0.1) is 18.6 Å². The highest BCUT2D eigenvalue weighted by Crippen LogP contribution is 2.27. The van der Waals surface area contributed by atoms with Gasteiger partial charge in [-0.2, -0.15) is 0 Å². The summed E-state index contributed by atoms with van der Waals surface area (Å²) in [7, 11) is 1.50. The van der Waals surface area contributed by atoms with Crippen molar-refractivity contribution in [3.8, 4) is 5.75 Å². The van der Waals surface area contributed by atoms with Crippen molar-refractivity contribution in [3.05, 3.63) is 53.2 Å². The maximum Gasteiger partial charge on any atom is 0.312 e. The van der Waals surface area contributed by atoms with Crippen LogP contribution < -0.4 is 10.1 Å². The van der Waals surface area contributed by atoms with Gasteiger partial charge in [-0.1, -0.05) is 28.9 Å². The molecule has 3 aromatic rings. The molecule has 0 aliphatic carbocycles. The molecule has 0 unspecified atom stereocenters. The van der Waals surface area contributed by atoms with E-state index in [0.717, 1.165) is 5.39 Å². The monoisotopic (exact) mass is 374 g/mol. The number of benzene rings is 2. The van der Waals surface area contributed by atoms with Gasteiger partial charge in [0.25, 0.3) is 5.91 Å². The van der Waals surface area contributed by atoms with Crippen molar-refractivity contribution in [2.45, 2.75) is 6.42 Å². The van der Waals surface area contributed by atoms with Gasteiger partial charge in [0.15, 0.2) is 12.2 Å². The molecule has 3 rings (SSSR count). The predicted octanol–water partition coefficient (Wildman–Crippen LogP) is 3.21. The second kappa shape index (κ2) is 7.88. The molecule has 0 saturated carbocycles. The zero-order valence-corrected chi connectivity index (χ0v) is 14.6. The molecule has 1 heterocycles. The quantitative estimate of drug-likeness (QED) is 0.666. The summed E-state index contributed by atoms with van der Waals surface area (Å²) in [6.45, 7) is -0.418. The average Bonchev–Trinajstić information content (AvgIpc) is 3.03. The van der Waals surface area contributed by atoms with Crippen LogP contribution in [0.1, 0.15) is 5.69 Å². The van der Waals surface area contributed by atoms with E-state index in [4.69, 9.17) is 25.6 Å². The number of hydrogen-bond donors (Lipinski definition) is 1. The Hall–Kier alpha value is -3.06. The van der Waals surface area contributed by atoms with Gasteiger partial charge in [0, 0.05) is 11.1 Å². The van der Waals surface area contributed by atoms with E-state index in [9.17, 15) is 9.59 Å². The average molecular weight is 375 g/mol. The van der Waals surface area contributed by atoms with E-state index in [-0.39, 0.29) is 6.42 Å². The fourth-order valence-corrected chi connectivity index (χ4v) is 2.60. The molecule has 1 amide bonds. The second-order valence-corrected chi connectivity index (χ2v) is 5.77. The molecule has 0 aliphatic rings. The Balaban J connectivity index is 1.52. The number of nitrogens with one attached hydrogen (secondary N) is 1. The van der Waals surface area contributed by atoms with Gasteiger partial charge in [-0.15, -0.1) is 0 Å². The van der Waals surface area contributed by atoms with Crippen LogP contribution in [-0.2, 0) is 20.7 Å². The van der Waals surface area contributed by atoms with Gasteiger partial charge in [-0.05, 0) is 30.3 Å². The third kappa shape index (κ3) is 4.12. The molecule has 0 saturated heterocycles. The number of nitrogens with zero attached hydrogens (tertiary/aromatic N) is 1. The maximum atomic E-state index is 11.9. The first-order chi connectivity index (χ1) is 12.6. The molecular weight excluding hydrogens is 360 g/mol. The van der Waals surface area contributed by atoms with E-state index >= 15 is 0 Å². The summed E-state index contributed by atoms with van der Waals surface area (Å²) in [4.78, 5) is 23.8. The smallest absolute Gasteiger partial charge is 0.312 e. The molecule has 1 N–H and O–H groups in total. The van der Waals surface area contributed by atoms with Crippen LogP contribution in [0.4, 0.5) is 5.69 Å². The Labute approximate surface area is 153 Å². The highest BCUT2D eigenvalue weighted by molar-refractivity contribution is 6.32. The Morgan fingerprint density at radius 1 is 1.23 bits per heavy atom. The molecule has 8 heteroatoms. The fourth-order valence-electron chi connectivity index (χ4n) is 2.34. The number of aromatic nitrogens is 1. The number of methoxy groups -OCH3 is 1. The van der Waals surface area contributed by atoms with E-state index in [1.165, 1.54) is 7.11 Å². The van der Waals surface area contributed by atoms with E-state index in [0.29, 0.717) is 27.7 Å². The number of hydrogen-bond acceptors (Lipinski definition) is 6. The van der Waals surface area contributed by atoms with Crippen molar-refractivity contribution < 1.29 is 23.6 Å². The predicted molar refractivity (Wildman–Crippen MR) is 95.3 cm³/mol. The zero-order valence-electron chi connectivity index (χ0n) is 13.8. The Bertz CT molecular complexity index is 954. The fraction of sp³-hybridized carbons (Fsp3) is 0.167. The van der Waals surface area contributed by atoms with Crippen molar-refractivity contribution in [1.82, 2.24) is 5.16 Å². The van der Waals surface area contributed by atoms with Crippen LogP contribution in [0.15, 0.2) is 47.0 Å². The van der Waals surface area contributed by atoms with E-state index < -0.39 is 18.5 Å². The molecule has 0 radical (unpaired) electrons. The molecule has 2 aromatic carbocycles. The van der Waals surface area contributed by atoms with Crippen molar-refractivity contribution in [2.24, 2.45) is 0 Å². The lowest BCUT2D eigenvalue weighted by Gasteiger charge is -2.08. The van der Waals surface area contributed by atoms with Crippen molar-refractivity contribution in [3.63, 3.8) is 0 Å². The molecule has 0 fully saturated rings. The molecule has 1 aromatic heterocycles. The van der Waals surface area contributed by atoms with Crippen molar-refractivity contribution >= 4 is 40.1 Å². The molecule has 0 spiro atoms. The summed E-state index contributed by atoms with van der Waals surface area (Å²) in [5, 5.41) is 7.54. The van der Waals surface area contributed by atoms with Gasteiger partial charge in [-0.3, -0.25) is 9.59 Å². The highest BCUT2D eigenvalue weighted by atomic mass is 35.5. The number of anilines is 1. The van der Waals surface area contributed by atoms with E-state index in [2.05, 4.69) is 10.5 Å². The summed E-state index contributed by atoms with van der Waals surface area (Å²) in [6.07, 6.45) is -0.0847. The zero-order chi connectivity index (χ0) is 18.5. The number of rotatable bonds is 6. The number of fused-ring (bicyclic) bond motifs is 1. The van der Waals surface area contributed by atoms with Crippen LogP contribution >= 0.6 is 11.6 Å². The Kier molecular flexibility index (Phi) is 5.38. The molecular formula is C18H15ClN2O5. The van der Waals surface area contributed by atoms with Crippen LogP contribution in [-0.4, -0.2) is 30.7 Å². The van der Waals surface area contributed by atoms with Gasteiger partial charge in [0.1, 0.15) is 11.4 Å². The third-order valence-corrected chi connectivity index (χ3v) is 3.86. The standard InChI is InChI=1S/C18H15ClN2O5/c1-24-16-7-6-11(8-13(16)19)20-17(22)10-25-18(23)9-14-12-4-2-3-5-15(12)26-21-14/h2-8H,9-10H2,1H3,(H,20,22). The molecule has 26 heavy (non-hydrogen) atoms. The van der Waals surface area contributed by atoms with Gasteiger partial charge < -0.3 is 19.3 Å². The Morgan fingerprint density at radius 3 is 2.81 bits per heavy atom. The van der Waals surface area contributed by atoms with Crippen molar-refractivity contribution in [1.29, 1.82) is 0 Å². The molecule has 7 nitrogen and oxygen atoms in total. The normalized spacial score (nSPS) is 10.5. The number of esters is 1. The highest BCUT2D eigenvalue weighted by Gasteiger charge is 2.14. The summed E-state index contributed by atoms with van der Waals surface area (Å²) in [5.41, 5.74) is 1.52. The third-order valence-electron chi connectivity index (χ3n) is 3.56. The summed E-state index contributed by atoms with van der Waals surface area (Å²) in [6, 6.07) is 12.0. The minimum absolute atomic E-state index is 0.0847. The lowest BCUT2D eigenvalue weighted by atomic mass is 10.2. The van der Waals surface area contributed by atoms with E-state index in [1.54, 1.807) is 30.3 Å². The molecule has 0 aliphatic heterocycles. The summed E-state index contributed by atoms with van der Waals surface area (Å²) in [5.74, 6) is -0.563. The lowest BCUT2D eigenvalue weighted by molar-refractivity contribution is -0.146. The van der Waals surface area contributed by atoms with E-state index in [1.807, 2.05) is 12.1 Å². The SMILES string of the molecule is COc1ccc(NC(=O)COC(=O)Cc2noc3ccccc23)cc1Cl. The number of carbonyl (C=O) groups is 2. The summed E-state index contributed by atoms with van der Waals surface area (Å²) < 4.78 is 15.1. The number of carbonyl (C=O) groups excluding carboxylic acids is 2. The first-order valence-corrected chi connectivity index (χ1v) is 8.07. The maximum absolute atomic E-state index is 11.9.